The van der Waals surface area contributed by atoms with Crippen molar-refractivity contribution in [3.05, 3.63) is 40.3 Å². The molecule has 142 valence electrons. The molecular formula is C18H17NO5S3. The van der Waals surface area contributed by atoms with Gasteiger partial charge in [0.05, 0.1) is 29.6 Å². The first-order valence-electron chi connectivity index (χ1n) is 8.36. The zero-order valence-electron chi connectivity index (χ0n) is 14.5. The van der Waals surface area contributed by atoms with E-state index in [-0.39, 0.29) is 23.5 Å². The number of benzene rings is 1. The molecule has 0 spiro atoms. The number of carbonyl (C=O) groups is 1. The van der Waals surface area contributed by atoms with Gasteiger partial charge in [-0.25, -0.2) is 8.42 Å². The third-order valence-corrected chi connectivity index (χ3v) is 7.75. The molecule has 3 heterocycles. The predicted molar refractivity (Wildman–Crippen MR) is 109 cm³/mol. The number of ether oxygens (including phenoxy) is 2. The summed E-state index contributed by atoms with van der Waals surface area (Å²) in [5, 5.41) is 0. The fourth-order valence-corrected chi connectivity index (χ4v) is 6.50. The topological polar surface area (TPSA) is 72.9 Å². The molecule has 1 aromatic rings. The van der Waals surface area contributed by atoms with Crippen LogP contribution < -0.4 is 9.47 Å². The summed E-state index contributed by atoms with van der Waals surface area (Å²) in [5.41, 5.74) is 1.72. The van der Waals surface area contributed by atoms with Crippen LogP contribution in [-0.2, 0) is 14.6 Å². The van der Waals surface area contributed by atoms with Crippen molar-refractivity contribution in [2.45, 2.75) is 12.5 Å². The van der Waals surface area contributed by atoms with E-state index in [0.717, 1.165) is 11.1 Å². The highest BCUT2D eigenvalue weighted by Crippen LogP contribution is 2.39. The summed E-state index contributed by atoms with van der Waals surface area (Å²) in [6, 6.07) is 5.26. The van der Waals surface area contributed by atoms with E-state index in [1.54, 1.807) is 13.2 Å². The molecular weight excluding hydrogens is 406 g/mol. The SMILES string of the molecule is COc1cccc2c1OCC(/C=C1\SC(=S)N(C3CCS(=O)(=O)C3)C1=O)=C2. The number of hydrogen-bond donors (Lipinski definition) is 0. The van der Waals surface area contributed by atoms with Crippen molar-refractivity contribution in [2.75, 3.05) is 25.2 Å². The number of rotatable bonds is 3. The number of carbonyl (C=O) groups excluding carboxylic acids is 1. The molecule has 0 radical (unpaired) electrons. The molecule has 6 nitrogen and oxygen atoms in total. The monoisotopic (exact) mass is 423 g/mol. The molecule has 0 N–H and O–H groups in total. The molecule has 1 aromatic carbocycles. The van der Waals surface area contributed by atoms with Crippen LogP contribution in [0.4, 0.5) is 0 Å². The second kappa shape index (κ2) is 6.96. The molecule has 1 amide bonds. The van der Waals surface area contributed by atoms with E-state index in [9.17, 15) is 13.2 Å². The maximum absolute atomic E-state index is 12.8. The van der Waals surface area contributed by atoms with Crippen LogP contribution in [0.5, 0.6) is 11.5 Å². The average Bonchev–Trinajstić information content (AvgIpc) is 3.12. The summed E-state index contributed by atoms with van der Waals surface area (Å²) >= 11 is 6.54. The van der Waals surface area contributed by atoms with Crippen LogP contribution in [0.2, 0.25) is 0 Å². The minimum atomic E-state index is -3.09. The van der Waals surface area contributed by atoms with Gasteiger partial charge in [0.25, 0.3) is 5.91 Å². The van der Waals surface area contributed by atoms with Crippen LogP contribution in [0.15, 0.2) is 34.8 Å². The van der Waals surface area contributed by atoms with Crippen molar-refractivity contribution in [3.63, 3.8) is 0 Å². The van der Waals surface area contributed by atoms with Crippen LogP contribution in [0.1, 0.15) is 12.0 Å². The number of sulfone groups is 1. The van der Waals surface area contributed by atoms with Crippen LogP contribution in [-0.4, -0.2) is 54.8 Å². The Labute approximate surface area is 167 Å². The molecule has 3 aliphatic rings. The molecule has 3 aliphatic heterocycles. The number of hydrogen-bond acceptors (Lipinski definition) is 7. The van der Waals surface area contributed by atoms with Gasteiger partial charge in [0.2, 0.25) is 0 Å². The Morgan fingerprint density at radius 2 is 2.22 bits per heavy atom. The Hall–Kier alpha value is -1.84. The van der Waals surface area contributed by atoms with E-state index in [1.165, 1.54) is 16.7 Å². The number of thioether (sulfide) groups is 1. The van der Waals surface area contributed by atoms with Crippen molar-refractivity contribution >= 4 is 50.1 Å². The van der Waals surface area contributed by atoms with Gasteiger partial charge in [-0.2, -0.15) is 0 Å². The first-order chi connectivity index (χ1) is 12.9. The Balaban J connectivity index is 1.59. The molecule has 2 fully saturated rings. The van der Waals surface area contributed by atoms with Crippen LogP contribution >= 0.6 is 24.0 Å². The second-order valence-electron chi connectivity index (χ2n) is 6.50. The summed E-state index contributed by atoms with van der Waals surface area (Å²) in [6.07, 6.45) is 4.15. The maximum atomic E-state index is 12.8. The largest absolute Gasteiger partial charge is 0.493 e. The lowest BCUT2D eigenvalue weighted by Crippen LogP contribution is -2.39. The lowest BCUT2D eigenvalue weighted by molar-refractivity contribution is -0.123. The highest BCUT2D eigenvalue weighted by Gasteiger charge is 2.42. The van der Waals surface area contributed by atoms with Gasteiger partial charge in [-0.3, -0.25) is 9.69 Å². The second-order valence-corrected chi connectivity index (χ2v) is 10.4. The van der Waals surface area contributed by atoms with Gasteiger partial charge in [0.15, 0.2) is 21.3 Å². The summed E-state index contributed by atoms with van der Waals surface area (Å²) < 4.78 is 35.0. The lowest BCUT2D eigenvalue weighted by atomic mass is 10.1. The van der Waals surface area contributed by atoms with E-state index in [2.05, 4.69) is 0 Å². The highest BCUT2D eigenvalue weighted by atomic mass is 32.2. The van der Waals surface area contributed by atoms with Crippen LogP contribution in [0, 0.1) is 0 Å². The van der Waals surface area contributed by atoms with Gasteiger partial charge in [0.1, 0.15) is 10.9 Å². The van der Waals surface area contributed by atoms with Gasteiger partial charge in [0, 0.05) is 5.56 Å². The molecule has 0 aliphatic carbocycles. The number of amides is 1. The number of methoxy groups -OCH3 is 1. The van der Waals surface area contributed by atoms with Crippen LogP contribution in [0.25, 0.3) is 6.08 Å². The minimum absolute atomic E-state index is 0.0221. The number of thiocarbonyl (C=S) groups is 1. The van der Waals surface area contributed by atoms with E-state index in [1.807, 2.05) is 24.3 Å². The third-order valence-electron chi connectivity index (χ3n) is 4.67. The number of fused-ring (bicyclic) bond motifs is 1. The number of nitrogens with zero attached hydrogens (tertiary/aromatic N) is 1. The normalized spacial score (nSPS) is 25.4. The van der Waals surface area contributed by atoms with Crippen molar-refractivity contribution in [1.29, 1.82) is 0 Å². The molecule has 27 heavy (non-hydrogen) atoms. The summed E-state index contributed by atoms with van der Waals surface area (Å²) in [5.74, 6) is 1.19. The first-order valence-corrected chi connectivity index (χ1v) is 11.4. The molecule has 0 saturated carbocycles. The fourth-order valence-electron chi connectivity index (χ4n) is 3.38. The van der Waals surface area contributed by atoms with E-state index in [4.69, 9.17) is 21.7 Å². The van der Waals surface area contributed by atoms with Crippen molar-refractivity contribution in [2.24, 2.45) is 0 Å². The van der Waals surface area contributed by atoms with Gasteiger partial charge >= 0.3 is 0 Å². The van der Waals surface area contributed by atoms with Crippen molar-refractivity contribution in [3.8, 4) is 11.5 Å². The minimum Gasteiger partial charge on any atom is -0.493 e. The van der Waals surface area contributed by atoms with Crippen LogP contribution in [0.3, 0.4) is 0 Å². The van der Waals surface area contributed by atoms with Gasteiger partial charge < -0.3 is 9.47 Å². The summed E-state index contributed by atoms with van der Waals surface area (Å²) in [4.78, 5) is 14.7. The van der Waals surface area contributed by atoms with Crippen molar-refractivity contribution < 1.29 is 22.7 Å². The molecule has 4 rings (SSSR count). The number of para-hydroxylation sites is 1. The summed E-state index contributed by atoms with van der Waals surface area (Å²) in [6.45, 7) is 0.315. The fraction of sp³-hybridized carbons (Fsp3) is 0.333. The lowest BCUT2D eigenvalue weighted by Gasteiger charge is -2.21. The highest BCUT2D eigenvalue weighted by molar-refractivity contribution is 8.26. The molecule has 0 bridgehead atoms. The maximum Gasteiger partial charge on any atom is 0.266 e. The van der Waals surface area contributed by atoms with E-state index < -0.39 is 9.84 Å². The molecule has 2 saturated heterocycles. The first kappa shape index (κ1) is 18.5. The smallest absolute Gasteiger partial charge is 0.266 e. The zero-order valence-corrected chi connectivity index (χ0v) is 17.0. The molecule has 1 atom stereocenters. The standard InChI is InChI=1S/C18H17NO5S3/c1-23-14-4-2-3-12-7-11(9-24-16(12)14)8-15-17(20)19(18(25)26-15)13-5-6-27(21,22)10-13/h2-4,7-8,13H,5-6,9-10H2,1H3/b15-8-. The Kier molecular flexibility index (Phi) is 4.77. The Morgan fingerprint density at radius 1 is 1.41 bits per heavy atom. The molecule has 1 unspecified atom stereocenters. The average molecular weight is 424 g/mol. The van der Waals surface area contributed by atoms with E-state index >= 15 is 0 Å². The molecule has 0 aromatic heterocycles. The van der Waals surface area contributed by atoms with Gasteiger partial charge in [-0.1, -0.05) is 36.1 Å². The van der Waals surface area contributed by atoms with Gasteiger partial charge in [-0.15, -0.1) is 0 Å². The third kappa shape index (κ3) is 3.51. The van der Waals surface area contributed by atoms with E-state index in [0.29, 0.717) is 33.8 Å². The Morgan fingerprint density at radius 3 is 2.93 bits per heavy atom. The van der Waals surface area contributed by atoms with Gasteiger partial charge in [-0.05, 0) is 30.2 Å². The predicted octanol–water partition coefficient (Wildman–Crippen LogP) is 2.40. The van der Waals surface area contributed by atoms with Crippen molar-refractivity contribution in [1.82, 2.24) is 4.90 Å². The summed E-state index contributed by atoms with van der Waals surface area (Å²) in [7, 11) is -1.50. The quantitative estimate of drug-likeness (QED) is 0.546. The Bertz CT molecular complexity index is 996. The molecule has 9 heteroatoms. The zero-order chi connectivity index (χ0) is 19.2.